The summed E-state index contributed by atoms with van der Waals surface area (Å²) >= 11 is 0. The van der Waals surface area contributed by atoms with Crippen molar-refractivity contribution in [3.05, 3.63) is 35.9 Å². The van der Waals surface area contributed by atoms with Gasteiger partial charge in [0.2, 0.25) is 5.91 Å². The van der Waals surface area contributed by atoms with E-state index in [0.29, 0.717) is 12.2 Å². The summed E-state index contributed by atoms with van der Waals surface area (Å²) in [6.07, 6.45) is 0.560. The lowest BCUT2D eigenvalue weighted by Gasteiger charge is -2.14. The molecule has 1 atom stereocenters. The third-order valence-electron chi connectivity index (χ3n) is 2.82. The molecule has 0 aliphatic heterocycles. The lowest BCUT2D eigenvalue weighted by atomic mass is 10.0. The Balaban J connectivity index is 2.94. The van der Waals surface area contributed by atoms with Crippen LogP contribution in [0.15, 0.2) is 30.4 Å². The van der Waals surface area contributed by atoms with Gasteiger partial charge in [-0.3, -0.25) is 4.79 Å². The number of amides is 1. The van der Waals surface area contributed by atoms with Gasteiger partial charge >= 0.3 is 5.97 Å². The van der Waals surface area contributed by atoms with E-state index in [1.807, 2.05) is 6.92 Å². The van der Waals surface area contributed by atoms with Gasteiger partial charge in [0, 0.05) is 5.92 Å². The van der Waals surface area contributed by atoms with Crippen LogP contribution in [0.25, 0.3) is 0 Å². The smallest absolute Gasteiger partial charge is 0.337 e. The van der Waals surface area contributed by atoms with Crippen LogP contribution in [0, 0.1) is 5.92 Å². The largest absolute Gasteiger partial charge is 0.497 e. The van der Waals surface area contributed by atoms with Crippen LogP contribution in [0.5, 0.6) is 5.75 Å². The van der Waals surface area contributed by atoms with Crippen LogP contribution >= 0.6 is 0 Å². The maximum Gasteiger partial charge on any atom is 0.337 e. The standard InChI is InChI=1S/C15H19NO4/c1-9(2)7-10(3)14(17)16-13-6-5-11(20-4)8-12(13)15(18)19/h5-6,8,10H,1,7H2,2-4H3,(H,16,17)(H,18,19). The molecule has 1 aromatic carbocycles. The summed E-state index contributed by atoms with van der Waals surface area (Å²) in [4.78, 5) is 23.2. The minimum atomic E-state index is -1.12. The van der Waals surface area contributed by atoms with Gasteiger partial charge in [-0.2, -0.15) is 0 Å². The molecular weight excluding hydrogens is 258 g/mol. The van der Waals surface area contributed by atoms with Gasteiger partial charge in [-0.15, -0.1) is 6.58 Å². The number of benzene rings is 1. The molecule has 0 aliphatic carbocycles. The van der Waals surface area contributed by atoms with E-state index in [9.17, 15) is 9.59 Å². The number of nitrogens with one attached hydrogen (secondary N) is 1. The van der Waals surface area contributed by atoms with E-state index in [-0.39, 0.29) is 23.1 Å². The number of anilines is 1. The minimum absolute atomic E-state index is 0.000208. The second-order valence-corrected chi connectivity index (χ2v) is 4.77. The highest BCUT2D eigenvalue weighted by molar-refractivity contribution is 6.01. The van der Waals surface area contributed by atoms with E-state index in [4.69, 9.17) is 9.84 Å². The summed E-state index contributed by atoms with van der Waals surface area (Å²) in [6.45, 7) is 7.38. The van der Waals surface area contributed by atoms with Gasteiger partial charge in [-0.1, -0.05) is 12.5 Å². The molecule has 0 heterocycles. The minimum Gasteiger partial charge on any atom is -0.497 e. The number of carbonyl (C=O) groups is 2. The van der Waals surface area contributed by atoms with Crippen molar-refractivity contribution in [1.29, 1.82) is 0 Å². The maximum absolute atomic E-state index is 12.0. The molecule has 0 fully saturated rings. The fourth-order valence-corrected chi connectivity index (χ4v) is 1.81. The Labute approximate surface area is 118 Å². The summed E-state index contributed by atoms with van der Waals surface area (Å²) in [5, 5.41) is 11.8. The number of aromatic carboxylic acids is 1. The molecule has 0 spiro atoms. The van der Waals surface area contributed by atoms with Crippen molar-refractivity contribution in [2.75, 3.05) is 12.4 Å². The topological polar surface area (TPSA) is 75.6 Å². The quantitative estimate of drug-likeness (QED) is 0.784. The van der Waals surface area contributed by atoms with Crippen LogP contribution in [-0.2, 0) is 4.79 Å². The Bertz CT molecular complexity index is 537. The molecule has 0 aromatic heterocycles. The van der Waals surface area contributed by atoms with Crippen LogP contribution in [0.2, 0.25) is 0 Å². The van der Waals surface area contributed by atoms with Gasteiger partial charge in [0.15, 0.2) is 0 Å². The van der Waals surface area contributed by atoms with Crippen molar-refractivity contribution < 1.29 is 19.4 Å². The van der Waals surface area contributed by atoms with Crippen molar-refractivity contribution >= 4 is 17.6 Å². The zero-order valence-electron chi connectivity index (χ0n) is 11.9. The summed E-state index contributed by atoms with van der Waals surface area (Å²) in [5.41, 5.74) is 1.16. The molecule has 0 radical (unpaired) electrons. The Kier molecular flexibility index (Phi) is 5.32. The molecule has 1 amide bonds. The van der Waals surface area contributed by atoms with E-state index >= 15 is 0 Å². The van der Waals surface area contributed by atoms with Crippen molar-refractivity contribution in [2.24, 2.45) is 5.92 Å². The first kappa shape index (κ1) is 15.8. The van der Waals surface area contributed by atoms with Gasteiger partial charge in [-0.05, 0) is 31.5 Å². The molecule has 1 unspecified atom stereocenters. The van der Waals surface area contributed by atoms with Gasteiger partial charge < -0.3 is 15.2 Å². The summed E-state index contributed by atoms with van der Waals surface area (Å²) in [7, 11) is 1.45. The zero-order chi connectivity index (χ0) is 15.3. The first-order valence-electron chi connectivity index (χ1n) is 6.21. The number of hydrogen-bond donors (Lipinski definition) is 2. The second-order valence-electron chi connectivity index (χ2n) is 4.77. The Morgan fingerprint density at radius 2 is 2.10 bits per heavy atom. The highest BCUT2D eigenvalue weighted by Crippen LogP contribution is 2.23. The number of methoxy groups -OCH3 is 1. The predicted molar refractivity (Wildman–Crippen MR) is 77.2 cm³/mol. The molecule has 5 nitrogen and oxygen atoms in total. The number of carboxylic acid groups (broad SMARTS) is 1. The molecule has 20 heavy (non-hydrogen) atoms. The average molecular weight is 277 g/mol. The van der Waals surface area contributed by atoms with Crippen molar-refractivity contribution in [2.45, 2.75) is 20.3 Å². The monoisotopic (exact) mass is 277 g/mol. The van der Waals surface area contributed by atoms with Crippen molar-refractivity contribution in [3.63, 3.8) is 0 Å². The molecule has 0 saturated carbocycles. The molecule has 1 aromatic rings. The van der Waals surface area contributed by atoms with Gasteiger partial charge in [0.05, 0.1) is 18.4 Å². The van der Waals surface area contributed by atoms with Crippen molar-refractivity contribution in [1.82, 2.24) is 0 Å². The Morgan fingerprint density at radius 3 is 2.60 bits per heavy atom. The number of carboxylic acids is 1. The van der Waals surface area contributed by atoms with Crippen LogP contribution in [0.1, 0.15) is 30.6 Å². The molecule has 0 bridgehead atoms. The molecule has 0 saturated heterocycles. The lowest BCUT2D eigenvalue weighted by Crippen LogP contribution is -2.22. The molecule has 5 heteroatoms. The fraction of sp³-hybridized carbons (Fsp3) is 0.333. The third-order valence-corrected chi connectivity index (χ3v) is 2.82. The van der Waals surface area contributed by atoms with E-state index in [2.05, 4.69) is 11.9 Å². The normalized spacial score (nSPS) is 11.6. The SMILES string of the molecule is C=C(C)CC(C)C(=O)Nc1ccc(OC)cc1C(=O)O. The summed E-state index contributed by atoms with van der Waals surface area (Å²) in [5.74, 6) is -1.20. The number of rotatable bonds is 6. The van der Waals surface area contributed by atoms with Crippen LogP contribution in [0.3, 0.4) is 0 Å². The van der Waals surface area contributed by atoms with Gasteiger partial charge in [0.1, 0.15) is 5.75 Å². The van der Waals surface area contributed by atoms with Crippen LogP contribution in [0.4, 0.5) is 5.69 Å². The number of allylic oxidation sites excluding steroid dienone is 1. The van der Waals surface area contributed by atoms with E-state index in [1.54, 1.807) is 13.0 Å². The number of carbonyl (C=O) groups excluding carboxylic acids is 1. The predicted octanol–water partition coefficient (Wildman–Crippen LogP) is 2.93. The first-order chi connectivity index (χ1) is 9.35. The lowest BCUT2D eigenvalue weighted by molar-refractivity contribution is -0.119. The maximum atomic E-state index is 12.0. The zero-order valence-corrected chi connectivity index (χ0v) is 11.9. The highest BCUT2D eigenvalue weighted by Gasteiger charge is 2.17. The van der Waals surface area contributed by atoms with Gasteiger partial charge in [0.25, 0.3) is 0 Å². The number of ether oxygens (including phenoxy) is 1. The summed E-state index contributed by atoms with van der Waals surface area (Å²) in [6, 6.07) is 4.50. The van der Waals surface area contributed by atoms with Crippen LogP contribution < -0.4 is 10.1 Å². The van der Waals surface area contributed by atoms with Gasteiger partial charge in [-0.25, -0.2) is 4.79 Å². The van der Waals surface area contributed by atoms with E-state index < -0.39 is 5.97 Å². The van der Waals surface area contributed by atoms with Crippen LogP contribution in [-0.4, -0.2) is 24.1 Å². The summed E-state index contributed by atoms with van der Waals surface area (Å²) < 4.78 is 4.98. The molecule has 2 N–H and O–H groups in total. The Morgan fingerprint density at radius 1 is 1.45 bits per heavy atom. The molecule has 108 valence electrons. The Hall–Kier alpha value is -2.30. The van der Waals surface area contributed by atoms with E-state index in [1.165, 1.54) is 19.2 Å². The fourth-order valence-electron chi connectivity index (χ4n) is 1.81. The first-order valence-corrected chi connectivity index (χ1v) is 6.21. The third kappa shape index (κ3) is 4.12. The average Bonchev–Trinajstić information content (AvgIpc) is 2.37. The van der Waals surface area contributed by atoms with Crippen molar-refractivity contribution in [3.8, 4) is 5.75 Å². The molecule has 1 rings (SSSR count). The number of hydrogen-bond acceptors (Lipinski definition) is 3. The molecular formula is C15H19NO4. The van der Waals surface area contributed by atoms with E-state index in [0.717, 1.165) is 5.57 Å². The molecule has 0 aliphatic rings. The highest BCUT2D eigenvalue weighted by atomic mass is 16.5. The second kappa shape index (κ2) is 6.75.